The van der Waals surface area contributed by atoms with Crippen LogP contribution in [0.15, 0.2) is 30.6 Å². The van der Waals surface area contributed by atoms with Crippen molar-refractivity contribution in [3.05, 3.63) is 46.7 Å². The number of carbonyl (C=O) groups is 1. The minimum absolute atomic E-state index is 0.0397. The van der Waals surface area contributed by atoms with Gasteiger partial charge in [-0.25, -0.2) is 9.50 Å². The minimum Gasteiger partial charge on any atom is -0.460 e. The first-order valence-corrected chi connectivity index (χ1v) is 13.3. The SMILES string of the molecule is O=C(NC1CCC(CCN2CCc3nc(OCC(F)(F)F)sc3CC2)CC1)c1cccn2nccc12. The molecule has 0 atom stereocenters. The lowest BCUT2D eigenvalue weighted by Gasteiger charge is -2.30. The molecule has 11 heteroatoms. The Morgan fingerprint density at radius 1 is 1.17 bits per heavy atom. The molecule has 1 saturated carbocycles. The van der Waals surface area contributed by atoms with Crippen LogP contribution in [0.2, 0.25) is 0 Å². The van der Waals surface area contributed by atoms with Gasteiger partial charge in [0.15, 0.2) is 6.61 Å². The molecule has 36 heavy (non-hydrogen) atoms. The van der Waals surface area contributed by atoms with Crippen molar-refractivity contribution < 1.29 is 22.7 Å². The van der Waals surface area contributed by atoms with Crippen LogP contribution in [0.1, 0.15) is 53.0 Å². The van der Waals surface area contributed by atoms with E-state index in [0.717, 1.165) is 80.7 Å². The molecule has 2 aliphatic rings. The van der Waals surface area contributed by atoms with Crippen LogP contribution in [-0.4, -0.2) is 63.9 Å². The molecule has 1 fully saturated rings. The van der Waals surface area contributed by atoms with E-state index >= 15 is 0 Å². The van der Waals surface area contributed by atoms with Gasteiger partial charge in [0.05, 0.1) is 23.0 Å². The van der Waals surface area contributed by atoms with Gasteiger partial charge in [0.2, 0.25) is 0 Å². The van der Waals surface area contributed by atoms with Gasteiger partial charge in [0, 0.05) is 36.6 Å². The number of aromatic nitrogens is 3. The quantitative estimate of drug-likeness (QED) is 0.495. The lowest BCUT2D eigenvalue weighted by molar-refractivity contribution is -0.153. The zero-order valence-electron chi connectivity index (χ0n) is 20.0. The average molecular weight is 522 g/mol. The second-order valence-electron chi connectivity index (χ2n) is 9.66. The zero-order valence-corrected chi connectivity index (χ0v) is 20.8. The van der Waals surface area contributed by atoms with Gasteiger partial charge in [0.1, 0.15) is 0 Å². The molecular weight excluding hydrogens is 491 g/mol. The first kappa shape index (κ1) is 25.0. The number of pyridine rings is 1. The van der Waals surface area contributed by atoms with E-state index in [0.29, 0.717) is 11.5 Å². The van der Waals surface area contributed by atoms with Crippen molar-refractivity contribution in [1.29, 1.82) is 0 Å². The van der Waals surface area contributed by atoms with Crippen molar-refractivity contribution >= 4 is 22.8 Å². The highest BCUT2D eigenvalue weighted by molar-refractivity contribution is 7.13. The number of hydrogen-bond acceptors (Lipinski definition) is 6. The zero-order chi connectivity index (χ0) is 25.1. The Kier molecular flexibility index (Phi) is 7.47. The topological polar surface area (TPSA) is 71.8 Å². The molecular formula is C25H30F3N5O2S. The summed E-state index contributed by atoms with van der Waals surface area (Å²) in [6.07, 6.45) is 6.02. The maximum Gasteiger partial charge on any atom is 0.422 e. The van der Waals surface area contributed by atoms with Crippen molar-refractivity contribution in [2.45, 2.75) is 57.2 Å². The second-order valence-corrected chi connectivity index (χ2v) is 10.7. The smallest absolute Gasteiger partial charge is 0.422 e. The van der Waals surface area contributed by atoms with Crippen LogP contribution in [0.5, 0.6) is 5.19 Å². The highest BCUT2D eigenvalue weighted by Crippen LogP contribution is 2.31. The highest BCUT2D eigenvalue weighted by atomic mass is 32.1. The number of rotatable bonds is 7. The van der Waals surface area contributed by atoms with E-state index < -0.39 is 12.8 Å². The third kappa shape index (κ3) is 6.18. The van der Waals surface area contributed by atoms with E-state index in [1.807, 2.05) is 24.4 Å². The van der Waals surface area contributed by atoms with Gasteiger partial charge in [-0.15, -0.1) is 0 Å². The molecule has 3 aromatic heterocycles. The van der Waals surface area contributed by atoms with Crippen molar-refractivity contribution in [2.24, 2.45) is 5.92 Å². The Bertz CT molecular complexity index is 1160. The summed E-state index contributed by atoms with van der Waals surface area (Å²) in [6.45, 7) is 1.47. The van der Waals surface area contributed by atoms with Crippen LogP contribution in [-0.2, 0) is 12.8 Å². The van der Waals surface area contributed by atoms with Crippen LogP contribution >= 0.6 is 11.3 Å². The van der Waals surface area contributed by atoms with Crippen LogP contribution in [0, 0.1) is 5.92 Å². The summed E-state index contributed by atoms with van der Waals surface area (Å²) in [5, 5.41) is 7.53. The molecule has 0 radical (unpaired) electrons. The Morgan fingerprint density at radius 3 is 2.78 bits per heavy atom. The number of ether oxygens (including phenoxy) is 1. The van der Waals surface area contributed by atoms with Crippen molar-refractivity contribution in [3.63, 3.8) is 0 Å². The van der Waals surface area contributed by atoms with Crippen molar-refractivity contribution in [1.82, 2.24) is 24.8 Å². The van der Waals surface area contributed by atoms with Gasteiger partial charge in [-0.1, -0.05) is 11.3 Å². The molecule has 3 aromatic rings. The first-order valence-electron chi connectivity index (χ1n) is 12.5. The summed E-state index contributed by atoms with van der Waals surface area (Å²) in [6, 6.07) is 5.73. The van der Waals surface area contributed by atoms with Crippen LogP contribution in [0.4, 0.5) is 13.2 Å². The minimum atomic E-state index is -4.35. The maximum absolute atomic E-state index is 12.8. The van der Waals surface area contributed by atoms with E-state index in [1.165, 1.54) is 11.3 Å². The number of carbonyl (C=O) groups excluding carboxylic acids is 1. The molecule has 0 aromatic carbocycles. The fourth-order valence-electron chi connectivity index (χ4n) is 5.18. The van der Waals surface area contributed by atoms with Crippen LogP contribution < -0.4 is 10.1 Å². The predicted octanol–water partition coefficient (Wildman–Crippen LogP) is 4.51. The third-order valence-electron chi connectivity index (χ3n) is 7.15. The fraction of sp³-hybridized carbons (Fsp3) is 0.560. The van der Waals surface area contributed by atoms with E-state index in [9.17, 15) is 18.0 Å². The normalized spacial score (nSPS) is 21.2. The molecule has 4 heterocycles. The monoisotopic (exact) mass is 521 g/mol. The Balaban J connectivity index is 1.03. The van der Waals surface area contributed by atoms with Gasteiger partial charge >= 0.3 is 6.18 Å². The molecule has 1 N–H and O–H groups in total. The lowest BCUT2D eigenvalue weighted by Crippen LogP contribution is -2.38. The van der Waals surface area contributed by atoms with Gasteiger partial charge in [-0.05, 0) is 69.2 Å². The largest absolute Gasteiger partial charge is 0.460 e. The Morgan fingerprint density at radius 2 is 1.97 bits per heavy atom. The molecule has 0 saturated heterocycles. The van der Waals surface area contributed by atoms with Crippen molar-refractivity contribution in [2.75, 3.05) is 26.2 Å². The van der Waals surface area contributed by atoms with Crippen molar-refractivity contribution in [3.8, 4) is 5.19 Å². The number of hydrogen-bond donors (Lipinski definition) is 1. The van der Waals surface area contributed by atoms with E-state index in [2.05, 4.69) is 20.3 Å². The number of nitrogens with zero attached hydrogens (tertiary/aromatic N) is 4. The molecule has 5 rings (SSSR count). The second kappa shape index (κ2) is 10.8. The molecule has 7 nitrogen and oxygen atoms in total. The van der Waals surface area contributed by atoms with Gasteiger partial charge in [0.25, 0.3) is 11.1 Å². The number of fused-ring (bicyclic) bond motifs is 2. The van der Waals surface area contributed by atoms with E-state index in [4.69, 9.17) is 4.74 Å². The fourth-order valence-corrected chi connectivity index (χ4v) is 6.13. The molecule has 0 bridgehead atoms. The van der Waals surface area contributed by atoms with E-state index in [1.54, 1.807) is 10.7 Å². The standard InChI is InChI=1S/C25H30F3N5O2S/c26-25(27,28)16-35-24-31-20-9-14-32(15-10-22(20)36-24)13-8-17-3-5-18(6-4-17)30-23(34)19-2-1-12-33-21(19)7-11-29-33/h1-2,7,11-12,17-18H,3-6,8-10,13-16H2,(H,30,34). The molecule has 194 valence electrons. The molecule has 0 spiro atoms. The summed E-state index contributed by atoms with van der Waals surface area (Å²) in [4.78, 5) is 20.6. The average Bonchev–Trinajstić information content (AvgIpc) is 3.45. The lowest BCUT2D eigenvalue weighted by atomic mass is 9.84. The number of thiazole rings is 1. The third-order valence-corrected chi connectivity index (χ3v) is 8.22. The summed E-state index contributed by atoms with van der Waals surface area (Å²) >= 11 is 1.24. The highest BCUT2D eigenvalue weighted by Gasteiger charge is 2.30. The predicted molar refractivity (Wildman–Crippen MR) is 131 cm³/mol. The Labute approximate surface area is 211 Å². The molecule has 1 aliphatic heterocycles. The molecule has 0 unspecified atom stereocenters. The number of amides is 1. The summed E-state index contributed by atoms with van der Waals surface area (Å²) < 4.78 is 43.7. The molecule has 1 amide bonds. The number of alkyl halides is 3. The van der Waals surface area contributed by atoms with E-state index in [-0.39, 0.29) is 17.1 Å². The summed E-state index contributed by atoms with van der Waals surface area (Å²) in [5.41, 5.74) is 2.35. The first-order chi connectivity index (χ1) is 17.3. The molecule has 1 aliphatic carbocycles. The Hall–Kier alpha value is -2.66. The maximum atomic E-state index is 12.8. The number of halogens is 3. The number of nitrogens with one attached hydrogen (secondary N) is 1. The van der Waals surface area contributed by atoms with Crippen LogP contribution in [0.3, 0.4) is 0 Å². The summed E-state index contributed by atoms with van der Waals surface area (Å²) in [5.74, 6) is 0.608. The van der Waals surface area contributed by atoms with Gasteiger partial charge < -0.3 is 15.0 Å². The van der Waals surface area contributed by atoms with Crippen LogP contribution in [0.25, 0.3) is 5.52 Å². The van der Waals surface area contributed by atoms with Gasteiger partial charge in [-0.2, -0.15) is 18.3 Å². The van der Waals surface area contributed by atoms with Gasteiger partial charge in [-0.3, -0.25) is 4.79 Å². The summed E-state index contributed by atoms with van der Waals surface area (Å²) in [7, 11) is 0.